The van der Waals surface area contributed by atoms with Crippen LogP contribution in [0.4, 0.5) is 11.5 Å². The third-order valence-electron chi connectivity index (χ3n) is 5.98. The van der Waals surface area contributed by atoms with Crippen LogP contribution in [0.2, 0.25) is 0 Å². The molecule has 12 nitrogen and oxygen atoms in total. The van der Waals surface area contributed by atoms with Gasteiger partial charge in [-0.05, 0) is 24.3 Å². The number of carbonyl (C=O) groups is 1. The van der Waals surface area contributed by atoms with Crippen LogP contribution >= 0.6 is 11.3 Å². The van der Waals surface area contributed by atoms with Gasteiger partial charge in [-0.1, -0.05) is 0 Å². The summed E-state index contributed by atoms with van der Waals surface area (Å²) in [5.41, 5.74) is 8.74. The molecule has 4 N–H and O–H groups in total. The fourth-order valence-corrected chi connectivity index (χ4v) is 5.17. The number of amides is 1. The number of nitrogen functional groups attached to an aromatic ring is 1. The molecule has 1 aromatic carbocycles. The van der Waals surface area contributed by atoms with Gasteiger partial charge in [0.15, 0.2) is 11.6 Å². The number of nitrogens with zero attached hydrogens (tertiary/aromatic N) is 7. The van der Waals surface area contributed by atoms with Gasteiger partial charge in [-0.3, -0.25) is 10.0 Å². The molecule has 13 heteroatoms. The van der Waals surface area contributed by atoms with Gasteiger partial charge >= 0.3 is 0 Å². The van der Waals surface area contributed by atoms with Crippen LogP contribution in [0.5, 0.6) is 0 Å². The summed E-state index contributed by atoms with van der Waals surface area (Å²) >= 11 is 1.50. The number of carbonyl (C=O) groups excluding carboxylic acids is 1. The number of hydrogen-bond donors (Lipinski definition) is 3. The smallest absolute Gasteiger partial charge is 0.295 e. The van der Waals surface area contributed by atoms with E-state index in [4.69, 9.17) is 20.4 Å². The van der Waals surface area contributed by atoms with E-state index in [1.165, 1.54) is 35.1 Å². The molecule has 5 rings (SSSR count). The van der Waals surface area contributed by atoms with E-state index in [1.807, 2.05) is 12.1 Å². The van der Waals surface area contributed by atoms with Crippen LogP contribution in [-0.2, 0) is 17.9 Å². The summed E-state index contributed by atoms with van der Waals surface area (Å²) in [6, 6.07) is 7.30. The first-order chi connectivity index (χ1) is 17.9. The highest BCUT2D eigenvalue weighted by atomic mass is 32.1. The van der Waals surface area contributed by atoms with E-state index in [0.717, 1.165) is 26.5 Å². The maximum Gasteiger partial charge on any atom is 0.295 e. The fraction of sp³-hybridized carbons (Fsp3) is 0.292. The van der Waals surface area contributed by atoms with Gasteiger partial charge in [-0.25, -0.2) is 19.9 Å². The summed E-state index contributed by atoms with van der Waals surface area (Å²) in [4.78, 5) is 33.0. The average molecular weight is 523 g/mol. The minimum Gasteiger partial charge on any atom is -0.398 e. The molecule has 37 heavy (non-hydrogen) atoms. The second kappa shape index (κ2) is 10.7. The third kappa shape index (κ3) is 5.21. The maximum absolute atomic E-state index is 12.6. The minimum atomic E-state index is -0.636. The molecular formula is C24H26N8O4S. The van der Waals surface area contributed by atoms with Crippen molar-refractivity contribution >= 4 is 39.0 Å². The van der Waals surface area contributed by atoms with Crippen molar-refractivity contribution in [2.45, 2.75) is 13.2 Å². The van der Waals surface area contributed by atoms with Crippen LogP contribution in [-0.4, -0.2) is 79.7 Å². The van der Waals surface area contributed by atoms with Gasteiger partial charge in [0.2, 0.25) is 0 Å². The van der Waals surface area contributed by atoms with Crippen LogP contribution < -0.4 is 10.6 Å². The molecular weight excluding hydrogens is 496 g/mol. The number of hydrazine groups is 1. The van der Waals surface area contributed by atoms with Crippen molar-refractivity contribution in [3.05, 3.63) is 59.0 Å². The summed E-state index contributed by atoms with van der Waals surface area (Å²) < 4.78 is 6.43. The molecule has 192 valence electrons. The number of anilines is 2. The molecule has 1 fully saturated rings. The van der Waals surface area contributed by atoms with Crippen molar-refractivity contribution in [1.29, 1.82) is 0 Å². The van der Waals surface area contributed by atoms with Gasteiger partial charge in [0.1, 0.15) is 6.33 Å². The number of hydrogen-bond acceptors (Lipinski definition) is 12. The van der Waals surface area contributed by atoms with Crippen LogP contribution in [0.3, 0.4) is 0 Å². The Bertz CT molecular complexity index is 1410. The van der Waals surface area contributed by atoms with Gasteiger partial charge in [-0.15, -0.1) is 16.5 Å². The van der Waals surface area contributed by atoms with Crippen molar-refractivity contribution in [2.75, 3.05) is 44.0 Å². The van der Waals surface area contributed by atoms with E-state index in [9.17, 15) is 15.1 Å². The summed E-state index contributed by atoms with van der Waals surface area (Å²) in [6.45, 7) is 2.66. The first kappa shape index (κ1) is 24.9. The molecule has 4 aromatic rings. The van der Waals surface area contributed by atoms with Gasteiger partial charge < -0.3 is 20.5 Å². The number of aromatic nitrogens is 4. The monoisotopic (exact) mass is 522 g/mol. The molecule has 3 aromatic heterocycles. The van der Waals surface area contributed by atoms with Gasteiger partial charge in [0, 0.05) is 54.2 Å². The number of nitrogens with two attached hydrogens (primary N) is 1. The highest BCUT2D eigenvalue weighted by Gasteiger charge is 2.23. The van der Waals surface area contributed by atoms with Crippen LogP contribution in [0.1, 0.15) is 20.8 Å². The van der Waals surface area contributed by atoms with Crippen molar-refractivity contribution in [3.8, 4) is 11.4 Å². The van der Waals surface area contributed by atoms with E-state index in [-0.39, 0.29) is 18.7 Å². The lowest BCUT2D eigenvalue weighted by Crippen LogP contribution is -2.41. The summed E-state index contributed by atoms with van der Waals surface area (Å²) in [7, 11) is 1.61. The number of ether oxygens (including phenoxy) is 1. The van der Waals surface area contributed by atoms with Crippen molar-refractivity contribution in [3.63, 3.8) is 0 Å². The molecule has 1 aliphatic heterocycles. The number of rotatable bonds is 7. The SMILES string of the molecule is CN(Cc1cc2nc(-c3ccc(N)c(CO)c3)nc(N3CCOCC3)c2s1)N(O)C(=O)c1cncnc1. The van der Waals surface area contributed by atoms with Gasteiger partial charge in [-0.2, -0.15) is 5.01 Å². The number of aliphatic hydroxyl groups is 1. The lowest BCUT2D eigenvalue weighted by molar-refractivity contribution is -0.195. The van der Waals surface area contributed by atoms with E-state index in [1.54, 1.807) is 19.2 Å². The topological polar surface area (TPSA) is 154 Å². The molecule has 0 atom stereocenters. The Morgan fingerprint density at radius 3 is 2.68 bits per heavy atom. The van der Waals surface area contributed by atoms with E-state index in [2.05, 4.69) is 14.9 Å². The number of morpholine rings is 1. The molecule has 0 radical (unpaired) electrons. The maximum atomic E-state index is 12.6. The normalized spacial score (nSPS) is 13.9. The average Bonchev–Trinajstić information content (AvgIpc) is 3.35. The van der Waals surface area contributed by atoms with Gasteiger partial charge in [0.05, 0.1) is 42.1 Å². The third-order valence-corrected chi connectivity index (χ3v) is 7.09. The quantitative estimate of drug-likeness (QED) is 0.185. The molecule has 0 saturated carbocycles. The summed E-state index contributed by atoms with van der Waals surface area (Å²) in [6.07, 6.45) is 4.00. The zero-order valence-corrected chi connectivity index (χ0v) is 20.9. The standard InChI is InChI=1S/C24H26N8O4S/c1-30(32(35)24(34)17-10-26-14-27-11-17)12-18-9-20-21(37-18)23(31-4-6-36-7-5-31)29-22(28-20)15-2-3-19(25)16(8-15)13-33/h2-3,8-11,14,33,35H,4-7,12-13,25H2,1H3. The van der Waals surface area contributed by atoms with Crippen LogP contribution in [0.15, 0.2) is 43.0 Å². The molecule has 1 amide bonds. The molecule has 0 bridgehead atoms. The number of aliphatic hydroxyl groups excluding tert-OH is 1. The van der Waals surface area contributed by atoms with Gasteiger partial charge in [0.25, 0.3) is 5.91 Å². The largest absolute Gasteiger partial charge is 0.398 e. The first-order valence-electron chi connectivity index (χ1n) is 11.6. The Kier molecular flexibility index (Phi) is 7.21. The zero-order valence-electron chi connectivity index (χ0n) is 20.1. The second-order valence-corrected chi connectivity index (χ2v) is 9.64. The van der Waals surface area contributed by atoms with E-state index < -0.39 is 5.91 Å². The predicted octanol–water partition coefficient (Wildman–Crippen LogP) is 1.94. The number of fused-ring (bicyclic) bond motifs is 1. The fourth-order valence-electron chi connectivity index (χ4n) is 4.02. The lowest BCUT2D eigenvalue weighted by Gasteiger charge is -2.28. The highest BCUT2D eigenvalue weighted by molar-refractivity contribution is 7.19. The van der Waals surface area contributed by atoms with E-state index >= 15 is 0 Å². The number of thiophene rings is 1. The second-order valence-electron chi connectivity index (χ2n) is 8.51. The number of hydroxylamine groups is 1. The lowest BCUT2D eigenvalue weighted by atomic mass is 10.1. The number of benzene rings is 1. The molecule has 0 aliphatic carbocycles. The highest BCUT2D eigenvalue weighted by Crippen LogP contribution is 2.35. The van der Waals surface area contributed by atoms with Crippen LogP contribution in [0, 0.1) is 0 Å². The minimum absolute atomic E-state index is 0.170. The predicted molar refractivity (Wildman–Crippen MR) is 138 cm³/mol. The molecule has 4 heterocycles. The zero-order chi connectivity index (χ0) is 25.9. The summed E-state index contributed by atoms with van der Waals surface area (Å²) in [5, 5.41) is 22.1. The Hall–Kier alpha value is -3.75. The molecule has 1 saturated heterocycles. The Morgan fingerprint density at radius 1 is 1.19 bits per heavy atom. The Labute approximate surface area is 216 Å². The molecule has 0 spiro atoms. The molecule has 0 unspecified atom stereocenters. The Morgan fingerprint density at radius 2 is 1.95 bits per heavy atom. The first-order valence-corrected chi connectivity index (χ1v) is 12.4. The Balaban J connectivity index is 1.49. The van der Waals surface area contributed by atoms with Crippen molar-refractivity contribution in [1.82, 2.24) is 30.1 Å². The van der Waals surface area contributed by atoms with Crippen molar-refractivity contribution in [2.24, 2.45) is 0 Å². The van der Waals surface area contributed by atoms with E-state index in [0.29, 0.717) is 48.6 Å². The van der Waals surface area contributed by atoms with Crippen molar-refractivity contribution < 1.29 is 19.8 Å². The molecule has 1 aliphatic rings. The van der Waals surface area contributed by atoms with Crippen LogP contribution in [0.25, 0.3) is 21.6 Å². The summed E-state index contributed by atoms with van der Waals surface area (Å²) in [5.74, 6) is 0.677.